The van der Waals surface area contributed by atoms with Crippen molar-refractivity contribution in [3.63, 3.8) is 0 Å². The van der Waals surface area contributed by atoms with Crippen LogP contribution in [0.2, 0.25) is 0 Å². The van der Waals surface area contributed by atoms with Gasteiger partial charge < -0.3 is 28.8 Å². The summed E-state index contributed by atoms with van der Waals surface area (Å²) >= 11 is 0. The maximum absolute atomic E-state index is 12.4. The zero-order valence-corrected chi connectivity index (χ0v) is 20.5. The lowest BCUT2D eigenvalue weighted by Crippen LogP contribution is -2.37. The zero-order valence-electron chi connectivity index (χ0n) is 20.5. The largest absolute Gasteiger partial charge is 0.471 e. The lowest BCUT2D eigenvalue weighted by Gasteiger charge is -2.26. The lowest BCUT2D eigenvalue weighted by atomic mass is 10.0. The Labute approximate surface area is 217 Å². The summed E-state index contributed by atoms with van der Waals surface area (Å²) in [6.45, 7) is 1.76. The smallest absolute Gasteiger partial charge is 0.415 e. The second kappa shape index (κ2) is 12.3. The number of fused-ring (bicyclic) bond motifs is 4. The number of hydrogen-bond donors (Lipinski definition) is 1. The predicted octanol–water partition coefficient (Wildman–Crippen LogP) is 4.84. The van der Waals surface area contributed by atoms with E-state index in [0.29, 0.717) is 26.4 Å². The number of nitro benzene ring substituents is 1. The quantitative estimate of drug-likeness (QED) is 0.231. The fourth-order valence-electron chi connectivity index (χ4n) is 4.00. The van der Waals surface area contributed by atoms with E-state index < -0.39 is 11.0 Å². The number of H-pyrrole nitrogens is 1. The van der Waals surface area contributed by atoms with E-state index in [9.17, 15) is 14.9 Å². The first kappa shape index (κ1) is 26.0. The van der Waals surface area contributed by atoms with Crippen molar-refractivity contribution in [1.29, 1.82) is 0 Å². The molecule has 0 unspecified atom stereocenters. The summed E-state index contributed by atoms with van der Waals surface area (Å²) in [7, 11) is 1.31. The third kappa shape index (κ3) is 6.19. The maximum atomic E-state index is 12.4. The number of non-ortho nitro benzene ring substituents is 1. The molecule has 38 heavy (non-hydrogen) atoms. The number of para-hydroxylation sites is 3. The number of hydrogen-bond acceptors (Lipinski definition) is 8. The van der Waals surface area contributed by atoms with Crippen LogP contribution in [0.4, 0.5) is 10.5 Å². The van der Waals surface area contributed by atoms with Crippen LogP contribution in [0.15, 0.2) is 72.8 Å². The number of aromatic amines is 1. The number of carbonyl (C=O) groups is 2. The Hall–Kier alpha value is -5.06. The Morgan fingerprint density at radius 1 is 1.03 bits per heavy atom. The van der Waals surface area contributed by atoms with Crippen molar-refractivity contribution in [2.45, 2.75) is 13.0 Å². The average Bonchev–Trinajstić information content (AvgIpc) is 3.58. The summed E-state index contributed by atoms with van der Waals surface area (Å²) in [6, 6.07) is 21.2. The summed E-state index contributed by atoms with van der Waals surface area (Å²) < 4.78 is 19.3. The predicted molar refractivity (Wildman–Crippen MR) is 137 cm³/mol. The molecule has 1 aromatic heterocycles. The molecule has 4 aromatic rings. The van der Waals surface area contributed by atoms with Gasteiger partial charge in [0.25, 0.3) is 12.2 Å². The van der Waals surface area contributed by atoms with Crippen LogP contribution >= 0.6 is 0 Å². The van der Waals surface area contributed by atoms with E-state index in [-0.39, 0.29) is 11.4 Å². The summed E-state index contributed by atoms with van der Waals surface area (Å²) in [4.78, 5) is 36.5. The van der Waals surface area contributed by atoms with E-state index in [1.54, 1.807) is 4.90 Å². The monoisotopic (exact) mass is 519 g/mol. The number of amides is 1. The van der Waals surface area contributed by atoms with E-state index in [4.69, 9.17) is 19.0 Å². The molecule has 3 heterocycles. The van der Waals surface area contributed by atoms with E-state index >= 15 is 0 Å². The first-order chi connectivity index (χ1) is 18.5. The molecule has 3 aromatic carbocycles. The normalized spacial score (nSPS) is 12.7. The van der Waals surface area contributed by atoms with Gasteiger partial charge in [-0.2, -0.15) is 0 Å². The molecule has 2 aliphatic rings. The Kier molecular flexibility index (Phi) is 8.39. The maximum Gasteiger partial charge on any atom is 0.415 e. The number of carbonyl (C=O) groups excluding carboxylic acids is 2. The minimum atomic E-state index is -0.492. The van der Waals surface area contributed by atoms with Crippen LogP contribution in [0, 0.1) is 10.1 Å². The van der Waals surface area contributed by atoms with Crippen LogP contribution in [0.25, 0.3) is 10.9 Å². The second-order valence-electron chi connectivity index (χ2n) is 8.10. The van der Waals surface area contributed by atoms with Crippen molar-refractivity contribution in [3.8, 4) is 17.2 Å². The molecule has 0 aliphatic carbocycles. The lowest BCUT2D eigenvalue weighted by molar-refractivity contribution is -0.384. The SMILES string of the molecule is COC=O.O=C(Oc1ccc([N+](=O)[O-])cc1)N1CCc2c([nH]c3ccccc23)C1.c1ccc2c(c1)OCO2. The molecule has 0 spiro atoms. The summed E-state index contributed by atoms with van der Waals surface area (Å²) in [6.07, 6.45) is 0.299. The van der Waals surface area contributed by atoms with Gasteiger partial charge in [-0.15, -0.1) is 0 Å². The molecule has 2 aliphatic heterocycles. The van der Waals surface area contributed by atoms with Gasteiger partial charge in [0, 0.05) is 35.3 Å². The highest BCUT2D eigenvalue weighted by atomic mass is 16.7. The standard InChI is InChI=1S/C18H15N3O4.C7H6O2.C2H4O2/c22-18(25-13-7-5-12(6-8-13)21(23)24)20-10-9-15-14-3-1-2-4-16(14)19-17(15)11-20;1-2-4-7-6(3-1)8-5-9-7;1-4-2-3/h1-8,19H,9-11H2;1-4H,5H2;2H,1H3. The molecular weight excluding hydrogens is 494 g/mol. The van der Waals surface area contributed by atoms with Gasteiger partial charge in [0.1, 0.15) is 5.75 Å². The average molecular weight is 520 g/mol. The van der Waals surface area contributed by atoms with E-state index in [0.717, 1.165) is 29.1 Å². The van der Waals surface area contributed by atoms with Crippen molar-refractivity contribution in [2.24, 2.45) is 0 Å². The number of nitrogens with one attached hydrogen (secondary N) is 1. The third-order valence-electron chi connectivity index (χ3n) is 5.77. The minimum Gasteiger partial charge on any atom is -0.471 e. The molecule has 6 rings (SSSR count). The minimum absolute atomic E-state index is 0.0412. The van der Waals surface area contributed by atoms with Gasteiger partial charge in [-0.05, 0) is 42.3 Å². The third-order valence-corrected chi connectivity index (χ3v) is 5.77. The van der Waals surface area contributed by atoms with E-state index in [1.807, 2.05) is 42.5 Å². The van der Waals surface area contributed by atoms with Crippen LogP contribution in [0.3, 0.4) is 0 Å². The van der Waals surface area contributed by atoms with Crippen molar-refractivity contribution in [2.75, 3.05) is 20.4 Å². The Morgan fingerprint density at radius 2 is 1.66 bits per heavy atom. The van der Waals surface area contributed by atoms with Crippen LogP contribution in [-0.4, -0.2) is 47.8 Å². The molecule has 0 radical (unpaired) electrons. The fourth-order valence-corrected chi connectivity index (χ4v) is 4.00. The first-order valence-electron chi connectivity index (χ1n) is 11.6. The van der Waals surface area contributed by atoms with E-state index in [2.05, 4.69) is 15.8 Å². The van der Waals surface area contributed by atoms with Gasteiger partial charge in [-0.3, -0.25) is 14.9 Å². The highest BCUT2D eigenvalue weighted by Gasteiger charge is 2.25. The highest BCUT2D eigenvalue weighted by molar-refractivity contribution is 5.85. The Balaban J connectivity index is 0.000000212. The molecule has 0 fully saturated rings. The molecule has 11 nitrogen and oxygen atoms in total. The molecular formula is C27H25N3O8. The van der Waals surface area contributed by atoms with Gasteiger partial charge in [-0.25, -0.2) is 4.79 Å². The number of nitro groups is 1. The molecule has 1 N–H and O–H groups in total. The molecule has 0 saturated heterocycles. The zero-order chi connectivity index (χ0) is 26.9. The Bertz CT molecular complexity index is 1390. The molecule has 1 amide bonds. The summed E-state index contributed by atoms with van der Waals surface area (Å²) in [5, 5.41) is 11.9. The highest BCUT2D eigenvalue weighted by Crippen LogP contribution is 2.30. The molecule has 0 bridgehead atoms. The number of aromatic nitrogens is 1. The van der Waals surface area contributed by atoms with Crippen LogP contribution in [-0.2, 0) is 22.5 Å². The van der Waals surface area contributed by atoms with Gasteiger partial charge in [0.05, 0.1) is 18.6 Å². The van der Waals surface area contributed by atoms with Crippen molar-refractivity contribution in [3.05, 3.63) is 94.2 Å². The van der Waals surface area contributed by atoms with Crippen molar-refractivity contribution in [1.82, 2.24) is 9.88 Å². The number of methoxy groups -OCH3 is 1. The molecule has 0 saturated carbocycles. The fraction of sp³-hybridized carbons (Fsp3) is 0.185. The molecule has 11 heteroatoms. The number of benzene rings is 3. The summed E-state index contributed by atoms with van der Waals surface area (Å²) in [5.74, 6) is 1.98. The van der Waals surface area contributed by atoms with E-state index in [1.165, 1.54) is 42.3 Å². The number of rotatable bonds is 3. The summed E-state index contributed by atoms with van der Waals surface area (Å²) in [5.41, 5.74) is 3.29. The van der Waals surface area contributed by atoms with Gasteiger partial charge in [0.2, 0.25) is 6.79 Å². The topological polar surface area (TPSA) is 133 Å². The van der Waals surface area contributed by atoms with Gasteiger partial charge in [0.15, 0.2) is 11.5 Å². The number of ether oxygens (including phenoxy) is 4. The van der Waals surface area contributed by atoms with Crippen molar-refractivity contribution >= 4 is 29.2 Å². The first-order valence-corrected chi connectivity index (χ1v) is 11.6. The van der Waals surface area contributed by atoms with Gasteiger partial charge >= 0.3 is 6.09 Å². The van der Waals surface area contributed by atoms with Gasteiger partial charge in [-0.1, -0.05) is 30.3 Å². The molecule has 0 atom stereocenters. The Morgan fingerprint density at radius 3 is 2.29 bits per heavy atom. The number of nitrogens with zero attached hydrogens (tertiary/aromatic N) is 2. The van der Waals surface area contributed by atoms with Crippen LogP contribution < -0.4 is 14.2 Å². The van der Waals surface area contributed by atoms with Crippen LogP contribution in [0.1, 0.15) is 11.3 Å². The molecule has 196 valence electrons. The van der Waals surface area contributed by atoms with Crippen molar-refractivity contribution < 1.29 is 33.5 Å². The van der Waals surface area contributed by atoms with Crippen LogP contribution in [0.5, 0.6) is 17.2 Å². The second-order valence-corrected chi connectivity index (χ2v) is 8.10.